The Morgan fingerprint density at radius 2 is 1.79 bits per heavy atom. The Morgan fingerprint density at radius 3 is 2.32 bits per heavy atom. The van der Waals surface area contributed by atoms with E-state index in [1.54, 1.807) is 34.6 Å². The molecule has 1 atom stereocenters. The van der Waals surface area contributed by atoms with Crippen molar-refractivity contribution in [2.24, 2.45) is 5.41 Å². The van der Waals surface area contributed by atoms with Gasteiger partial charge in [-0.15, -0.1) is 6.58 Å². The summed E-state index contributed by atoms with van der Waals surface area (Å²) in [4.78, 5) is 36.6. The van der Waals surface area contributed by atoms with E-state index in [9.17, 15) is 23.2 Å². The highest BCUT2D eigenvalue weighted by molar-refractivity contribution is 5.98. The van der Waals surface area contributed by atoms with Gasteiger partial charge in [0.2, 0.25) is 5.78 Å². The highest BCUT2D eigenvalue weighted by atomic mass is 19.1. The molecule has 0 saturated heterocycles. The van der Waals surface area contributed by atoms with Gasteiger partial charge in [0.25, 0.3) is 0 Å². The van der Waals surface area contributed by atoms with E-state index in [1.165, 1.54) is 6.08 Å². The number of nitrogens with one attached hydrogen (secondary N) is 1. The summed E-state index contributed by atoms with van der Waals surface area (Å²) in [5.41, 5.74) is -2.27. The first-order chi connectivity index (χ1) is 12.8. The highest BCUT2D eigenvalue weighted by Crippen LogP contribution is 2.24. The average Bonchev–Trinajstić information content (AvgIpc) is 2.57. The Kier molecular flexibility index (Phi) is 7.43. The topological polar surface area (TPSA) is 81.7 Å². The van der Waals surface area contributed by atoms with Gasteiger partial charge in [0, 0.05) is 5.41 Å². The van der Waals surface area contributed by atoms with Gasteiger partial charge in [-0.05, 0) is 39.0 Å². The monoisotopic (exact) mass is 397 g/mol. The molecule has 28 heavy (non-hydrogen) atoms. The van der Waals surface area contributed by atoms with E-state index in [0.29, 0.717) is 0 Å². The van der Waals surface area contributed by atoms with Crippen LogP contribution in [0.5, 0.6) is 0 Å². The van der Waals surface area contributed by atoms with Crippen LogP contribution in [0.25, 0.3) is 0 Å². The zero-order valence-electron chi connectivity index (χ0n) is 16.6. The lowest BCUT2D eigenvalue weighted by molar-refractivity contribution is -0.147. The zero-order chi connectivity index (χ0) is 21.7. The summed E-state index contributed by atoms with van der Waals surface area (Å²) in [6.07, 6.45) is 0.580. The quantitative estimate of drug-likeness (QED) is 0.430. The van der Waals surface area contributed by atoms with E-state index >= 15 is 0 Å². The number of halogens is 2. The van der Waals surface area contributed by atoms with Crippen molar-refractivity contribution in [3.8, 4) is 0 Å². The molecular weight excluding hydrogens is 372 g/mol. The maximum Gasteiger partial charge on any atom is 0.408 e. The molecule has 1 amide bonds. The molecule has 8 heteroatoms. The van der Waals surface area contributed by atoms with Crippen LogP contribution in [-0.4, -0.2) is 36.1 Å². The van der Waals surface area contributed by atoms with E-state index in [0.717, 1.165) is 18.2 Å². The number of esters is 1. The molecule has 0 aromatic heterocycles. The van der Waals surface area contributed by atoms with Crippen LogP contribution >= 0.6 is 0 Å². The van der Waals surface area contributed by atoms with Gasteiger partial charge in [-0.1, -0.05) is 19.9 Å². The van der Waals surface area contributed by atoms with Gasteiger partial charge in [0.1, 0.15) is 23.3 Å². The number of Topliss-reactive ketones (excluding diaryl/α,β-unsaturated/α-hetero) is 1. The molecule has 6 nitrogen and oxygen atoms in total. The van der Waals surface area contributed by atoms with Crippen molar-refractivity contribution in [2.45, 2.75) is 46.3 Å². The predicted octanol–water partition coefficient (Wildman–Crippen LogP) is 3.80. The third-order valence-electron chi connectivity index (χ3n) is 3.74. The molecule has 0 radical (unpaired) electrons. The predicted molar refractivity (Wildman–Crippen MR) is 98.8 cm³/mol. The third-order valence-corrected chi connectivity index (χ3v) is 3.74. The van der Waals surface area contributed by atoms with Crippen molar-refractivity contribution in [1.29, 1.82) is 0 Å². The van der Waals surface area contributed by atoms with Crippen LogP contribution in [0.1, 0.15) is 45.0 Å². The number of benzene rings is 1. The van der Waals surface area contributed by atoms with Crippen LogP contribution in [0.15, 0.2) is 30.9 Å². The van der Waals surface area contributed by atoms with Crippen LogP contribution in [-0.2, 0) is 14.3 Å². The molecule has 1 aromatic carbocycles. The van der Waals surface area contributed by atoms with Crippen LogP contribution < -0.4 is 5.32 Å². The molecule has 0 aliphatic heterocycles. The average molecular weight is 397 g/mol. The number of ether oxygens (including phenoxy) is 2. The first-order valence-corrected chi connectivity index (χ1v) is 8.55. The number of carbonyl (C=O) groups excluding carboxylic acids is 3. The number of carbonyl (C=O) groups is 3. The Balaban J connectivity index is 2.89. The zero-order valence-corrected chi connectivity index (χ0v) is 16.6. The van der Waals surface area contributed by atoms with Crippen molar-refractivity contribution < 1.29 is 32.6 Å². The van der Waals surface area contributed by atoms with Gasteiger partial charge in [-0.25, -0.2) is 18.4 Å². The molecule has 0 bridgehead atoms. The third kappa shape index (κ3) is 6.75. The van der Waals surface area contributed by atoms with Crippen LogP contribution in [0.2, 0.25) is 0 Å². The van der Waals surface area contributed by atoms with E-state index in [2.05, 4.69) is 11.9 Å². The number of ketones is 1. The summed E-state index contributed by atoms with van der Waals surface area (Å²) in [7, 11) is 0. The van der Waals surface area contributed by atoms with Crippen molar-refractivity contribution >= 4 is 17.8 Å². The number of hydrogen-bond donors (Lipinski definition) is 1. The second kappa shape index (κ2) is 8.95. The first-order valence-electron chi connectivity index (χ1n) is 8.55. The summed E-state index contributed by atoms with van der Waals surface area (Å²) in [5, 5.41) is 2.40. The maximum absolute atomic E-state index is 13.7. The highest BCUT2D eigenvalue weighted by Gasteiger charge is 2.37. The van der Waals surface area contributed by atoms with Gasteiger partial charge in [0.05, 0.1) is 5.56 Å². The first kappa shape index (κ1) is 23.3. The van der Waals surface area contributed by atoms with Gasteiger partial charge in [-0.2, -0.15) is 0 Å². The largest absolute Gasteiger partial charge is 0.456 e. The summed E-state index contributed by atoms with van der Waals surface area (Å²) in [6.45, 7) is 11.0. The smallest absolute Gasteiger partial charge is 0.408 e. The van der Waals surface area contributed by atoms with Gasteiger partial charge in [-0.3, -0.25) is 4.79 Å². The van der Waals surface area contributed by atoms with Crippen LogP contribution in [0.3, 0.4) is 0 Å². The van der Waals surface area contributed by atoms with Gasteiger partial charge in [0.15, 0.2) is 6.61 Å². The van der Waals surface area contributed by atoms with Crippen molar-refractivity contribution in [3.63, 3.8) is 0 Å². The second-order valence-electron chi connectivity index (χ2n) is 7.76. The van der Waals surface area contributed by atoms with E-state index < -0.39 is 58.7 Å². The molecule has 0 aliphatic carbocycles. The minimum atomic E-state index is -1.22. The van der Waals surface area contributed by atoms with Crippen LogP contribution in [0.4, 0.5) is 13.6 Å². The Morgan fingerprint density at radius 1 is 1.18 bits per heavy atom. The lowest BCUT2D eigenvalue weighted by Gasteiger charge is -2.31. The molecule has 1 N–H and O–H groups in total. The normalized spacial score (nSPS) is 12.7. The molecule has 0 fully saturated rings. The van der Waals surface area contributed by atoms with E-state index in [1.807, 2.05) is 0 Å². The number of rotatable bonds is 7. The van der Waals surface area contributed by atoms with Gasteiger partial charge < -0.3 is 14.8 Å². The minimum Gasteiger partial charge on any atom is -0.456 e. The summed E-state index contributed by atoms with van der Waals surface area (Å²) >= 11 is 0. The lowest BCUT2D eigenvalue weighted by Crippen LogP contribution is -2.51. The molecule has 1 aromatic rings. The fraction of sp³-hybridized carbons (Fsp3) is 0.450. The SMILES string of the molecule is C=CC(C)(C)C(NC(=O)OC(C)(C)C)C(=O)OCC(=O)c1cc(F)ccc1F. The molecule has 0 aliphatic rings. The lowest BCUT2D eigenvalue weighted by atomic mass is 9.84. The second-order valence-corrected chi connectivity index (χ2v) is 7.76. The van der Waals surface area contributed by atoms with Crippen molar-refractivity contribution in [1.82, 2.24) is 5.32 Å². The fourth-order valence-electron chi connectivity index (χ4n) is 2.10. The van der Waals surface area contributed by atoms with Crippen molar-refractivity contribution in [3.05, 3.63) is 48.1 Å². The standard InChI is InChI=1S/C20H25F2NO5/c1-7-20(5,6)16(23-18(26)28-19(2,3)4)17(25)27-11-15(24)13-10-12(21)8-9-14(13)22/h7-10,16H,1,11H2,2-6H3,(H,23,26). The number of alkyl carbamates (subject to hydrolysis) is 1. The molecule has 0 saturated carbocycles. The van der Waals surface area contributed by atoms with Gasteiger partial charge >= 0.3 is 12.1 Å². The van der Waals surface area contributed by atoms with Crippen LogP contribution in [0, 0.1) is 17.0 Å². The maximum atomic E-state index is 13.7. The van der Waals surface area contributed by atoms with E-state index in [4.69, 9.17) is 9.47 Å². The summed E-state index contributed by atoms with van der Waals surface area (Å²) in [6, 6.07) is 1.17. The Hall–Kier alpha value is -2.77. The summed E-state index contributed by atoms with van der Waals surface area (Å²) < 4.78 is 36.9. The van der Waals surface area contributed by atoms with E-state index in [-0.39, 0.29) is 0 Å². The number of amides is 1. The van der Waals surface area contributed by atoms with Crippen molar-refractivity contribution in [2.75, 3.05) is 6.61 Å². The number of hydrogen-bond acceptors (Lipinski definition) is 5. The molecule has 1 unspecified atom stereocenters. The fourth-order valence-corrected chi connectivity index (χ4v) is 2.10. The summed E-state index contributed by atoms with van der Waals surface area (Å²) in [5.74, 6) is -3.59. The molecule has 1 rings (SSSR count). The Bertz CT molecular complexity index is 768. The molecule has 0 spiro atoms. The minimum absolute atomic E-state index is 0.535. The molecule has 154 valence electrons. The molecule has 0 heterocycles. The Labute approximate surface area is 162 Å². The molecular formula is C20H25F2NO5.